The van der Waals surface area contributed by atoms with Crippen LogP contribution in [0.5, 0.6) is 0 Å². The van der Waals surface area contributed by atoms with Crippen molar-refractivity contribution >= 4 is 45.8 Å². The lowest BCUT2D eigenvalue weighted by molar-refractivity contribution is 0.0692. The molecule has 13 heavy (non-hydrogen) atoms. The van der Waals surface area contributed by atoms with Crippen LogP contribution in [-0.4, -0.2) is 11.1 Å². The Morgan fingerprint density at radius 3 is 2.69 bits per heavy atom. The molecule has 0 saturated carbocycles. The minimum absolute atomic E-state index is 0.0247. The molecular formula is C7H4ClFINO2. The summed E-state index contributed by atoms with van der Waals surface area (Å²) in [6.45, 7) is 0. The van der Waals surface area contributed by atoms with Gasteiger partial charge >= 0.3 is 5.97 Å². The van der Waals surface area contributed by atoms with E-state index in [4.69, 9.17) is 22.4 Å². The molecule has 0 fully saturated rings. The van der Waals surface area contributed by atoms with E-state index in [0.29, 0.717) is 0 Å². The minimum atomic E-state index is -1.36. The molecule has 70 valence electrons. The van der Waals surface area contributed by atoms with Crippen molar-refractivity contribution in [1.82, 2.24) is 0 Å². The van der Waals surface area contributed by atoms with Gasteiger partial charge in [-0.15, -0.1) is 0 Å². The molecule has 0 radical (unpaired) electrons. The molecule has 6 heteroatoms. The van der Waals surface area contributed by atoms with E-state index in [-0.39, 0.29) is 14.3 Å². The monoisotopic (exact) mass is 315 g/mol. The van der Waals surface area contributed by atoms with E-state index in [1.807, 2.05) is 0 Å². The maximum atomic E-state index is 13.2. The van der Waals surface area contributed by atoms with Crippen molar-refractivity contribution in [3.63, 3.8) is 0 Å². The van der Waals surface area contributed by atoms with Crippen molar-refractivity contribution in [2.45, 2.75) is 0 Å². The van der Waals surface area contributed by atoms with Gasteiger partial charge in [-0.1, -0.05) is 11.6 Å². The standard InChI is InChI=1S/C7H4ClFINO2/c8-4-3(11)1-2(7(12)13)5(9)6(4)10/h1H,11H2,(H,12,13). The maximum absolute atomic E-state index is 13.2. The predicted molar refractivity (Wildman–Crippen MR) is 55.5 cm³/mol. The number of carboxylic acids is 1. The van der Waals surface area contributed by atoms with Crippen molar-refractivity contribution in [3.05, 3.63) is 26.0 Å². The van der Waals surface area contributed by atoms with Crippen LogP contribution in [0.25, 0.3) is 0 Å². The quantitative estimate of drug-likeness (QED) is 0.475. The SMILES string of the molecule is Nc1cc(C(=O)O)c(F)c(I)c1Cl. The van der Waals surface area contributed by atoms with Crippen LogP contribution < -0.4 is 5.73 Å². The number of hydrogen-bond acceptors (Lipinski definition) is 2. The number of halogens is 3. The molecule has 0 aliphatic rings. The van der Waals surface area contributed by atoms with Crippen LogP contribution in [0.15, 0.2) is 6.07 Å². The zero-order chi connectivity index (χ0) is 10.2. The zero-order valence-corrected chi connectivity index (χ0v) is 9.06. The molecule has 3 nitrogen and oxygen atoms in total. The minimum Gasteiger partial charge on any atom is -0.478 e. The molecule has 0 amide bonds. The molecule has 0 heterocycles. The van der Waals surface area contributed by atoms with Gasteiger partial charge < -0.3 is 10.8 Å². The Hall–Kier alpha value is -0.560. The van der Waals surface area contributed by atoms with Crippen molar-refractivity contribution in [3.8, 4) is 0 Å². The van der Waals surface area contributed by atoms with Gasteiger partial charge in [-0.2, -0.15) is 0 Å². The largest absolute Gasteiger partial charge is 0.478 e. The van der Waals surface area contributed by atoms with Crippen molar-refractivity contribution in [2.75, 3.05) is 5.73 Å². The average molecular weight is 315 g/mol. The fourth-order valence-corrected chi connectivity index (χ4v) is 1.52. The third-order valence-electron chi connectivity index (χ3n) is 1.41. The van der Waals surface area contributed by atoms with Gasteiger partial charge in [-0.05, 0) is 28.7 Å². The van der Waals surface area contributed by atoms with Gasteiger partial charge in [-0.3, -0.25) is 0 Å². The first-order chi connectivity index (χ1) is 5.95. The van der Waals surface area contributed by atoms with Crippen LogP contribution in [0.1, 0.15) is 10.4 Å². The Labute approximate surface area is 91.8 Å². The van der Waals surface area contributed by atoms with Crippen LogP contribution in [0.3, 0.4) is 0 Å². The van der Waals surface area contributed by atoms with Gasteiger partial charge in [-0.25, -0.2) is 9.18 Å². The number of anilines is 1. The Bertz CT molecular complexity index is 383. The summed E-state index contributed by atoms with van der Waals surface area (Å²) in [5, 5.41) is 8.61. The van der Waals surface area contributed by atoms with E-state index < -0.39 is 17.3 Å². The third kappa shape index (κ3) is 1.86. The normalized spacial score (nSPS) is 10.1. The molecule has 0 saturated heterocycles. The molecule has 1 aromatic rings. The molecule has 0 spiro atoms. The van der Waals surface area contributed by atoms with Gasteiger partial charge in [0, 0.05) is 0 Å². The second kappa shape index (κ2) is 3.67. The van der Waals surface area contributed by atoms with Gasteiger partial charge in [0.15, 0.2) is 5.82 Å². The predicted octanol–water partition coefficient (Wildman–Crippen LogP) is 2.36. The topological polar surface area (TPSA) is 63.3 Å². The number of hydrogen-bond donors (Lipinski definition) is 2. The Kier molecular flexibility index (Phi) is 2.97. The van der Waals surface area contributed by atoms with E-state index in [0.717, 1.165) is 6.07 Å². The molecule has 1 rings (SSSR count). The highest BCUT2D eigenvalue weighted by molar-refractivity contribution is 14.1. The summed E-state index contributed by atoms with van der Waals surface area (Å²) >= 11 is 7.20. The van der Waals surface area contributed by atoms with Crippen LogP contribution in [0.4, 0.5) is 10.1 Å². The highest BCUT2D eigenvalue weighted by Gasteiger charge is 2.17. The Morgan fingerprint density at radius 1 is 1.69 bits per heavy atom. The number of aromatic carboxylic acids is 1. The van der Waals surface area contributed by atoms with Gasteiger partial charge in [0.2, 0.25) is 0 Å². The number of carbonyl (C=O) groups is 1. The second-order valence-electron chi connectivity index (χ2n) is 2.26. The molecule has 0 aliphatic heterocycles. The molecule has 0 bridgehead atoms. The smallest absolute Gasteiger partial charge is 0.338 e. The second-order valence-corrected chi connectivity index (χ2v) is 3.72. The lowest BCUT2D eigenvalue weighted by Gasteiger charge is -2.05. The molecule has 0 aromatic heterocycles. The summed E-state index contributed by atoms with van der Waals surface area (Å²) in [5.74, 6) is -2.22. The Morgan fingerprint density at radius 2 is 2.23 bits per heavy atom. The van der Waals surface area contributed by atoms with E-state index >= 15 is 0 Å². The van der Waals surface area contributed by atoms with Crippen LogP contribution in [0.2, 0.25) is 5.02 Å². The number of rotatable bonds is 1. The molecule has 0 aliphatic carbocycles. The highest BCUT2D eigenvalue weighted by atomic mass is 127. The molecule has 1 aromatic carbocycles. The first-order valence-corrected chi connectivity index (χ1v) is 4.57. The summed E-state index contributed by atoms with van der Waals surface area (Å²) < 4.78 is 13.2. The number of nitrogen functional groups attached to an aromatic ring is 1. The zero-order valence-electron chi connectivity index (χ0n) is 6.14. The molecule has 0 atom stereocenters. The summed E-state index contributed by atoms with van der Waals surface area (Å²) in [7, 11) is 0. The highest BCUT2D eigenvalue weighted by Crippen LogP contribution is 2.29. The number of carboxylic acid groups (broad SMARTS) is 1. The van der Waals surface area contributed by atoms with Gasteiger partial charge in [0.1, 0.15) is 0 Å². The lowest BCUT2D eigenvalue weighted by Crippen LogP contribution is -2.05. The van der Waals surface area contributed by atoms with Gasteiger partial charge in [0.05, 0.1) is 19.8 Å². The summed E-state index contributed by atoms with van der Waals surface area (Å²) in [4.78, 5) is 10.5. The van der Waals surface area contributed by atoms with E-state index in [2.05, 4.69) is 0 Å². The first kappa shape index (κ1) is 10.5. The average Bonchev–Trinajstić information content (AvgIpc) is 2.07. The first-order valence-electron chi connectivity index (χ1n) is 3.11. The van der Waals surface area contributed by atoms with Crippen LogP contribution in [-0.2, 0) is 0 Å². The Balaban J connectivity index is 3.50. The van der Waals surface area contributed by atoms with Crippen LogP contribution in [0, 0.1) is 9.39 Å². The van der Waals surface area contributed by atoms with Crippen molar-refractivity contribution in [2.24, 2.45) is 0 Å². The summed E-state index contributed by atoms with van der Waals surface area (Å²) in [6.07, 6.45) is 0. The van der Waals surface area contributed by atoms with Gasteiger partial charge in [0.25, 0.3) is 0 Å². The number of benzene rings is 1. The molecule has 0 unspecified atom stereocenters. The van der Waals surface area contributed by atoms with E-state index in [1.165, 1.54) is 0 Å². The van der Waals surface area contributed by atoms with Crippen molar-refractivity contribution in [1.29, 1.82) is 0 Å². The fraction of sp³-hybridized carbons (Fsp3) is 0. The van der Waals surface area contributed by atoms with E-state index in [9.17, 15) is 9.18 Å². The summed E-state index contributed by atoms with van der Waals surface area (Å²) in [6, 6.07) is 1.00. The molecular weight excluding hydrogens is 311 g/mol. The maximum Gasteiger partial charge on any atom is 0.338 e. The number of nitrogens with two attached hydrogens (primary N) is 1. The summed E-state index contributed by atoms with van der Waals surface area (Å²) in [5.41, 5.74) is 4.96. The van der Waals surface area contributed by atoms with Crippen molar-refractivity contribution < 1.29 is 14.3 Å². The molecule has 3 N–H and O–H groups in total. The van der Waals surface area contributed by atoms with E-state index in [1.54, 1.807) is 22.6 Å². The van der Waals surface area contributed by atoms with Crippen LogP contribution >= 0.6 is 34.2 Å². The fourth-order valence-electron chi connectivity index (χ4n) is 0.779. The third-order valence-corrected chi connectivity index (χ3v) is 3.14. The lowest BCUT2D eigenvalue weighted by atomic mass is 10.2.